The average molecular weight is 346 g/mol. The minimum absolute atomic E-state index is 0.00360. The number of rotatable bonds is 4. The minimum Gasteiger partial charge on any atom is -0.452 e. The number of carbonyl (C=O) groups is 3. The van der Waals surface area contributed by atoms with E-state index in [1.807, 2.05) is 12.1 Å². The molecule has 2 N–H and O–H groups in total. The third-order valence-electron chi connectivity index (χ3n) is 4.49. The highest BCUT2D eigenvalue weighted by Crippen LogP contribution is 2.22. The number of hydrogen-bond acceptors (Lipinski definition) is 4. The van der Waals surface area contributed by atoms with Crippen molar-refractivity contribution in [3.8, 4) is 0 Å². The van der Waals surface area contributed by atoms with Gasteiger partial charge in [0, 0.05) is 13.1 Å². The van der Waals surface area contributed by atoms with E-state index in [4.69, 9.17) is 10.5 Å². The van der Waals surface area contributed by atoms with E-state index in [1.165, 1.54) is 4.90 Å². The van der Waals surface area contributed by atoms with Crippen LogP contribution < -0.4 is 5.73 Å². The van der Waals surface area contributed by atoms with Crippen LogP contribution in [0.5, 0.6) is 0 Å². The van der Waals surface area contributed by atoms with Crippen LogP contribution in [-0.4, -0.2) is 42.4 Å². The molecular weight excluding hydrogens is 320 g/mol. The standard InChI is InChI=1S/C19H26N2O4/c1-19(2,3)15-8-6-13(7-9-15)18(24)25-12-16(22)21-10-4-5-14(11-21)17(20)23/h6-9,14H,4-5,10-12H2,1-3H3,(H2,20,23)/t14-/m1/s1. The summed E-state index contributed by atoms with van der Waals surface area (Å²) in [4.78, 5) is 37.1. The van der Waals surface area contributed by atoms with Crippen molar-refractivity contribution < 1.29 is 19.1 Å². The van der Waals surface area contributed by atoms with Crippen molar-refractivity contribution in [2.24, 2.45) is 11.7 Å². The molecule has 0 saturated carbocycles. The molecule has 0 aromatic heterocycles. The summed E-state index contributed by atoms with van der Waals surface area (Å²) >= 11 is 0. The molecule has 0 radical (unpaired) electrons. The number of hydrogen-bond donors (Lipinski definition) is 1. The molecule has 0 unspecified atom stereocenters. The van der Waals surface area contributed by atoms with Crippen LogP contribution in [0.2, 0.25) is 0 Å². The molecular formula is C19H26N2O4. The maximum atomic E-state index is 12.2. The molecule has 0 bridgehead atoms. The first kappa shape index (κ1) is 19.0. The zero-order valence-corrected chi connectivity index (χ0v) is 15.1. The van der Waals surface area contributed by atoms with E-state index in [0.717, 1.165) is 12.0 Å². The van der Waals surface area contributed by atoms with Crippen LogP contribution in [0.4, 0.5) is 0 Å². The predicted molar refractivity (Wildman–Crippen MR) is 93.9 cm³/mol. The quantitative estimate of drug-likeness (QED) is 0.843. The van der Waals surface area contributed by atoms with Crippen LogP contribution in [0.25, 0.3) is 0 Å². The molecule has 1 fully saturated rings. The van der Waals surface area contributed by atoms with Gasteiger partial charge in [-0.2, -0.15) is 0 Å². The first-order valence-electron chi connectivity index (χ1n) is 8.53. The van der Waals surface area contributed by atoms with E-state index in [9.17, 15) is 14.4 Å². The monoisotopic (exact) mass is 346 g/mol. The molecule has 1 heterocycles. The smallest absolute Gasteiger partial charge is 0.338 e. The number of benzene rings is 1. The van der Waals surface area contributed by atoms with Crippen LogP contribution in [0.1, 0.15) is 49.5 Å². The summed E-state index contributed by atoms with van der Waals surface area (Å²) in [6, 6.07) is 7.19. The van der Waals surface area contributed by atoms with Gasteiger partial charge in [0.25, 0.3) is 5.91 Å². The second kappa shape index (κ2) is 7.68. The van der Waals surface area contributed by atoms with Crippen LogP contribution in [0, 0.1) is 5.92 Å². The van der Waals surface area contributed by atoms with Crippen molar-refractivity contribution in [3.63, 3.8) is 0 Å². The number of nitrogens with zero attached hydrogens (tertiary/aromatic N) is 1. The molecule has 25 heavy (non-hydrogen) atoms. The van der Waals surface area contributed by atoms with Crippen LogP contribution in [-0.2, 0) is 19.7 Å². The van der Waals surface area contributed by atoms with Crippen LogP contribution in [0.15, 0.2) is 24.3 Å². The van der Waals surface area contributed by atoms with Gasteiger partial charge in [0.2, 0.25) is 5.91 Å². The SMILES string of the molecule is CC(C)(C)c1ccc(C(=O)OCC(=O)N2CCC[C@@H](C(N)=O)C2)cc1. The molecule has 6 heteroatoms. The number of nitrogens with two attached hydrogens (primary N) is 1. The molecule has 2 rings (SSSR count). The molecule has 6 nitrogen and oxygen atoms in total. The highest BCUT2D eigenvalue weighted by Gasteiger charge is 2.27. The van der Waals surface area contributed by atoms with Crippen molar-refractivity contribution in [2.45, 2.75) is 39.0 Å². The lowest BCUT2D eigenvalue weighted by molar-refractivity contribution is -0.137. The molecule has 1 saturated heterocycles. The zero-order valence-electron chi connectivity index (χ0n) is 15.1. The molecule has 2 amide bonds. The first-order chi connectivity index (χ1) is 11.7. The van der Waals surface area contributed by atoms with Gasteiger partial charge in [-0.15, -0.1) is 0 Å². The lowest BCUT2D eigenvalue weighted by Crippen LogP contribution is -2.45. The summed E-state index contributed by atoms with van der Waals surface area (Å²) < 4.78 is 5.12. The van der Waals surface area contributed by atoms with Crippen LogP contribution >= 0.6 is 0 Å². The van der Waals surface area contributed by atoms with E-state index >= 15 is 0 Å². The molecule has 1 aliphatic rings. The third kappa shape index (κ3) is 5.05. The van der Waals surface area contributed by atoms with Crippen molar-refractivity contribution >= 4 is 17.8 Å². The minimum atomic E-state index is -0.530. The maximum Gasteiger partial charge on any atom is 0.338 e. The third-order valence-corrected chi connectivity index (χ3v) is 4.49. The number of primary amides is 1. The number of amides is 2. The molecule has 1 aromatic carbocycles. The Morgan fingerprint density at radius 2 is 1.84 bits per heavy atom. The van der Waals surface area contributed by atoms with Crippen molar-refractivity contribution in [2.75, 3.05) is 19.7 Å². The Kier molecular flexibility index (Phi) is 5.82. The Morgan fingerprint density at radius 1 is 1.20 bits per heavy atom. The Hall–Kier alpha value is -2.37. The number of ether oxygens (including phenoxy) is 1. The first-order valence-corrected chi connectivity index (χ1v) is 8.53. The van der Waals surface area contributed by atoms with Gasteiger partial charge in [-0.25, -0.2) is 4.79 Å². The van der Waals surface area contributed by atoms with Crippen LogP contribution in [0.3, 0.4) is 0 Å². The van der Waals surface area contributed by atoms with Gasteiger partial charge < -0.3 is 15.4 Å². The largest absolute Gasteiger partial charge is 0.452 e. The van der Waals surface area contributed by atoms with Crippen molar-refractivity contribution in [3.05, 3.63) is 35.4 Å². The fraction of sp³-hybridized carbons (Fsp3) is 0.526. The summed E-state index contributed by atoms with van der Waals surface area (Å²) in [7, 11) is 0. The molecule has 0 aliphatic carbocycles. The Bertz CT molecular complexity index is 646. The van der Waals surface area contributed by atoms with E-state index in [1.54, 1.807) is 12.1 Å². The van der Waals surface area contributed by atoms with Crippen molar-refractivity contribution in [1.82, 2.24) is 4.90 Å². The van der Waals surface area contributed by atoms with Gasteiger partial charge >= 0.3 is 5.97 Å². The Balaban J connectivity index is 1.89. The lowest BCUT2D eigenvalue weighted by atomic mass is 9.87. The van der Waals surface area contributed by atoms with Gasteiger partial charge in [-0.1, -0.05) is 32.9 Å². The second-order valence-electron chi connectivity index (χ2n) is 7.48. The summed E-state index contributed by atoms with van der Waals surface area (Å²) in [6.45, 7) is 6.81. The predicted octanol–water partition coefficient (Wildman–Crippen LogP) is 1.86. The summed E-state index contributed by atoms with van der Waals surface area (Å²) in [5.41, 5.74) is 6.84. The average Bonchev–Trinajstić information content (AvgIpc) is 2.58. The highest BCUT2D eigenvalue weighted by molar-refractivity contribution is 5.91. The Labute approximate surface area is 148 Å². The fourth-order valence-electron chi connectivity index (χ4n) is 2.84. The highest BCUT2D eigenvalue weighted by atomic mass is 16.5. The van der Waals surface area contributed by atoms with E-state index in [0.29, 0.717) is 25.1 Å². The number of esters is 1. The van der Waals surface area contributed by atoms with E-state index in [2.05, 4.69) is 20.8 Å². The molecule has 1 atom stereocenters. The molecule has 1 aromatic rings. The van der Waals surface area contributed by atoms with Crippen molar-refractivity contribution in [1.29, 1.82) is 0 Å². The molecule has 136 valence electrons. The Morgan fingerprint density at radius 3 is 2.40 bits per heavy atom. The van der Waals surface area contributed by atoms with Gasteiger partial charge in [0.1, 0.15) is 0 Å². The lowest BCUT2D eigenvalue weighted by Gasteiger charge is -2.31. The summed E-state index contributed by atoms with van der Waals surface area (Å²) in [5.74, 6) is -1.55. The van der Waals surface area contributed by atoms with Gasteiger partial charge in [-0.3, -0.25) is 9.59 Å². The van der Waals surface area contributed by atoms with E-state index < -0.39 is 11.9 Å². The van der Waals surface area contributed by atoms with Gasteiger partial charge in [0.15, 0.2) is 6.61 Å². The summed E-state index contributed by atoms with van der Waals surface area (Å²) in [6.07, 6.45) is 1.42. The normalized spacial score (nSPS) is 17.9. The maximum absolute atomic E-state index is 12.2. The van der Waals surface area contributed by atoms with Gasteiger partial charge in [0.05, 0.1) is 11.5 Å². The molecule has 0 spiro atoms. The topological polar surface area (TPSA) is 89.7 Å². The number of likely N-dealkylation sites (tertiary alicyclic amines) is 1. The number of carbonyl (C=O) groups excluding carboxylic acids is 3. The fourth-order valence-corrected chi connectivity index (χ4v) is 2.84. The van der Waals surface area contributed by atoms with E-state index in [-0.39, 0.29) is 23.8 Å². The number of piperidine rings is 1. The zero-order chi connectivity index (χ0) is 18.6. The molecule has 1 aliphatic heterocycles. The van der Waals surface area contributed by atoms with Gasteiger partial charge in [-0.05, 0) is 36.0 Å². The second-order valence-corrected chi connectivity index (χ2v) is 7.48. The summed E-state index contributed by atoms with van der Waals surface area (Å²) in [5, 5.41) is 0.